The Morgan fingerprint density at radius 1 is 1.19 bits per heavy atom. The molecule has 0 aliphatic heterocycles. The van der Waals surface area contributed by atoms with Crippen molar-refractivity contribution in [2.75, 3.05) is 20.1 Å². The summed E-state index contributed by atoms with van der Waals surface area (Å²) in [6, 6.07) is 3.32. The minimum absolute atomic E-state index is 0.271. The van der Waals surface area contributed by atoms with E-state index in [0.717, 1.165) is 23.9 Å². The van der Waals surface area contributed by atoms with Crippen molar-refractivity contribution >= 4 is 10.9 Å². The smallest absolute Gasteiger partial charge is 0.279 e. The van der Waals surface area contributed by atoms with Gasteiger partial charge < -0.3 is 15.3 Å². The van der Waals surface area contributed by atoms with E-state index in [0.29, 0.717) is 34.6 Å². The van der Waals surface area contributed by atoms with Crippen LogP contribution in [0.5, 0.6) is 11.5 Å². The van der Waals surface area contributed by atoms with Gasteiger partial charge in [0.25, 0.3) is 5.56 Å². The molecule has 0 unspecified atom stereocenters. The van der Waals surface area contributed by atoms with Crippen LogP contribution in [0.15, 0.2) is 16.9 Å². The second-order valence-corrected chi connectivity index (χ2v) is 4.88. The lowest BCUT2D eigenvalue weighted by Crippen LogP contribution is -2.31. The molecule has 21 heavy (non-hydrogen) atoms. The summed E-state index contributed by atoms with van der Waals surface area (Å²) in [7, 11) is 3.08. The standard InChI is InChI=1S/C15H21N3O3/c1-4-5-6-7-14-17-11-9-13(21-3)12(20-2)8-10(11)15(19)18(14)16/h8-9H,4-7,16H2,1-3H3. The average molecular weight is 291 g/mol. The van der Waals surface area contributed by atoms with Crippen LogP contribution >= 0.6 is 0 Å². The molecule has 6 nitrogen and oxygen atoms in total. The van der Waals surface area contributed by atoms with Gasteiger partial charge in [0, 0.05) is 12.5 Å². The third kappa shape index (κ3) is 2.94. The highest BCUT2D eigenvalue weighted by atomic mass is 16.5. The minimum atomic E-state index is -0.271. The maximum absolute atomic E-state index is 12.4. The molecule has 0 bridgehead atoms. The van der Waals surface area contributed by atoms with E-state index in [2.05, 4.69) is 11.9 Å². The molecule has 0 spiro atoms. The molecule has 0 aliphatic carbocycles. The molecule has 0 radical (unpaired) electrons. The van der Waals surface area contributed by atoms with Gasteiger partial charge in [-0.25, -0.2) is 9.66 Å². The van der Waals surface area contributed by atoms with E-state index in [9.17, 15) is 4.79 Å². The Morgan fingerprint density at radius 2 is 1.86 bits per heavy atom. The third-order valence-corrected chi connectivity index (χ3v) is 3.48. The Kier molecular flexibility index (Phi) is 4.67. The zero-order chi connectivity index (χ0) is 15.4. The summed E-state index contributed by atoms with van der Waals surface area (Å²) in [6.45, 7) is 2.13. The van der Waals surface area contributed by atoms with Crippen LogP contribution in [-0.4, -0.2) is 23.9 Å². The number of methoxy groups -OCH3 is 2. The van der Waals surface area contributed by atoms with Gasteiger partial charge in [0.2, 0.25) is 0 Å². The van der Waals surface area contributed by atoms with Crippen LogP contribution in [-0.2, 0) is 6.42 Å². The van der Waals surface area contributed by atoms with Crippen molar-refractivity contribution < 1.29 is 9.47 Å². The number of fused-ring (bicyclic) bond motifs is 1. The molecule has 0 atom stereocenters. The first-order chi connectivity index (χ1) is 10.1. The number of benzene rings is 1. The van der Waals surface area contributed by atoms with Crippen molar-refractivity contribution in [3.63, 3.8) is 0 Å². The monoisotopic (exact) mass is 291 g/mol. The zero-order valence-electron chi connectivity index (χ0n) is 12.7. The largest absolute Gasteiger partial charge is 0.493 e. The van der Waals surface area contributed by atoms with E-state index in [1.165, 1.54) is 7.11 Å². The molecule has 2 aromatic rings. The third-order valence-electron chi connectivity index (χ3n) is 3.48. The van der Waals surface area contributed by atoms with E-state index in [1.54, 1.807) is 19.2 Å². The quantitative estimate of drug-likeness (QED) is 0.649. The molecular weight excluding hydrogens is 270 g/mol. The average Bonchev–Trinajstić information content (AvgIpc) is 2.51. The Morgan fingerprint density at radius 3 is 2.48 bits per heavy atom. The number of aryl methyl sites for hydroxylation is 1. The van der Waals surface area contributed by atoms with E-state index in [4.69, 9.17) is 15.3 Å². The Balaban J connectivity index is 2.55. The first-order valence-electron chi connectivity index (χ1n) is 7.05. The molecule has 0 amide bonds. The molecule has 6 heteroatoms. The number of ether oxygens (including phenoxy) is 2. The highest BCUT2D eigenvalue weighted by Crippen LogP contribution is 2.30. The molecule has 2 rings (SSSR count). The topological polar surface area (TPSA) is 79.4 Å². The summed E-state index contributed by atoms with van der Waals surface area (Å²) < 4.78 is 11.6. The normalized spacial score (nSPS) is 10.8. The van der Waals surface area contributed by atoms with Crippen LogP contribution in [0.3, 0.4) is 0 Å². The van der Waals surface area contributed by atoms with Crippen molar-refractivity contribution in [1.29, 1.82) is 0 Å². The number of unbranched alkanes of at least 4 members (excludes halogenated alkanes) is 2. The van der Waals surface area contributed by atoms with Crippen molar-refractivity contribution in [2.24, 2.45) is 0 Å². The minimum Gasteiger partial charge on any atom is -0.493 e. The van der Waals surface area contributed by atoms with Gasteiger partial charge in [-0.2, -0.15) is 0 Å². The number of nitrogen functional groups attached to an aromatic ring is 1. The van der Waals surface area contributed by atoms with Gasteiger partial charge in [-0.1, -0.05) is 19.8 Å². The fraction of sp³-hybridized carbons (Fsp3) is 0.467. The highest BCUT2D eigenvalue weighted by molar-refractivity contribution is 5.82. The lowest BCUT2D eigenvalue weighted by molar-refractivity contribution is 0.355. The van der Waals surface area contributed by atoms with Gasteiger partial charge in [-0.15, -0.1) is 0 Å². The van der Waals surface area contributed by atoms with Gasteiger partial charge in [-0.3, -0.25) is 4.79 Å². The summed E-state index contributed by atoms with van der Waals surface area (Å²) in [5.74, 6) is 7.49. The second kappa shape index (κ2) is 6.47. The van der Waals surface area contributed by atoms with E-state index >= 15 is 0 Å². The summed E-state index contributed by atoms with van der Waals surface area (Å²) in [5.41, 5.74) is 0.304. The van der Waals surface area contributed by atoms with Gasteiger partial charge >= 0.3 is 0 Å². The first kappa shape index (κ1) is 15.2. The summed E-state index contributed by atoms with van der Waals surface area (Å²) in [6.07, 6.45) is 3.83. The van der Waals surface area contributed by atoms with Crippen molar-refractivity contribution in [2.45, 2.75) is 32.6 Å². The van der Waals surface area contributed by atoms with E-state index in [1.807, 2.05) is 0 Å². The highest BCUT2D eigenvalue weighted by Gasteiger charge is 2.13. The maximum atomic E-state index is 12.4. The molecule has 1 aromatic heterocycles. The number of hydrogen-bond donors (Lipinski definition) is 1. The first-order valence-corrected chi connectivity index (χ1v) is 7.05. The lowest BCUT2D eigenvalue weighted by Gasteiger charge is -2.12. The summed E-state index contributed by atoms with van der Waals surface area (Å²) >= 11 is 0. The number of nitrogens with zero attached hydrogens (tertiary/aromatic N) is 2. The van der Waals surface area contributed by atoms with Crippen LogP contribution in [0.4, 0.5) is 0 Å². The lowest BCUT2D eigenvalue weighted by atomic mass is 10.1. The Hall–Kier alpha value is -2.24. The van der Waals surface area contributed by atoms with Crippen LogP contribution in [0.25, 0.3) is 10.9 Å². The number of hydrogen-bond acceptors (Lipinski definition) is 5. The van der Waals surface area contributed by atoms with Crippen molar-refractivity contribution in [3.05, 3.63) is 28.3 Å². The molecule has 0 fully saturated rings. The van der Waals surface area contributed by atoms with Crippen molar-refractivity contribution in [1.82, 2.24) is 9.66 Å². The Bertz CT molecular complexity index is 695. The predicted octanol–water partition coefficient (Wildman–Crippen LogP) is 1.86. The Labute approximate surface area is 123 Å². The number of nitrogens with two attached hydrogens (primary N) is 1. The molecule has 114 valence electrons. The van der Waals surface area contributed by atoms with Gasteiger partial charge in [-0.05, 0) is 12.5 Å². The van der Waals surface area contributed by atoms with Gasteiger partial charge in [0.15, 0.2) is 11.5 Å². The second-order valence-electron chi connectivity index (χ2n) is 4.88. The molecular formula is C15H21N3O3. The molecule has 0 aliphatic rings. The maximum Gasteiger partial charge on any atom is 0.279 e. The van der Waals surface area contributed by atoms with Crippen molar-refractivity contribution in [3.8, 4) is 11.5 Å². The SMILES string of the molecule is CCCCCc1nc2cc(OC)c(OC)cc2c(=O)n1N. The fourth-order valence-electron chi connectivity index (χ4n) is 2.28. The molecule has 0 saturated carbocycles. The number of rotatable bonds is 6. The molecule has 0 saturated heterocycles. The summed E-state index contributed by atoms with van der Waals surface area (Å²) in [5, 5.41) is 0.425. The van der Waals surface area contributed by atoms with Gasteiger partial charge in [0.1, 0.15) is 5.82 Å². The van der Waals surface area contributed by atoms with E-state index < -0.39 is 0 Å². The van der Waals surface area contributed by atoms with E-state index in [-0.39, 0.29) is 5.56 Å². The molecule has 2 N–H and O–H groups in total. The fourth-order valence-corrected chi connectivity index (χ4v) is 2.28. The number of aromatic nitrogens is 2. The molecule has 1 aromatic carbocycles. The van der Waals surface area contributed by atoms with Gasteiger partial charge in [0.05, 0.1) is 25.1 Å². The van der Waals surface area contributed by atoms with Crippen LogP contribution in [0, 0.1) is 0 Å². The van der Waals surface area contributed by atoms with Crippen LogP contribution in [0.1, 0.15) is 32.0 Å². The predicted molar refractivity (Wildman–Crippen MR) is 82.5 cm³/mol. The molecule has 1 heterocycles. The van der Waals surface area contributed by atoms with Crippen LogP contribution in [0.2, 0.25) is 0 Å². The zero-order valence-corrected chi connectivity index (χ0v) is 12.7. The summed E-state index contributed by atoms with van der Waals surface area (Å²) in [4.78, 5) is 16.8. The van der Waals surface area contributed by atoms with Crippen LogP contribution < -0.4 is 20.9 Å².